The van der Waals surface area contributed by atoms with E-state index in [1.807, 2.05) is 0 Å². The first-order valence-corrected chi connectivity index (χ1v) is 7.60. The third-order valence-corrected chi connectivity index (χ3v) is 3.85. The third-order valence-electron chi connectivity index (χ3n) is 3.85. The second-order valence-corrected chi connectivity index (χ2v) is 5.60. The molecule has 0 atom stereocenters. The van der Waals surface area contributed by atoms with Crippen LogP contribution in [0.15, 0.2) is 18.3 Å². The topological polar surface area (TPSA) is 123 Å². The van der Waals surface area contributed by atoms with Gasteiger partial charge in [-0.05, 0) is 37.8 Å². The number of carbonyl (C=O) groups excluding carboxylic acids is 2. The van der Waals surface area contributed by atoms with Crippen LogP contribution < -0.4 is 22.1 Å². The van der Waals surface area contributed by atoms with E-state index in [1.165, 1.54) is 6.20 Å². The summed E-state index contributed by atoms with van der Waals surface area (Å²) < 4.78 is 0. The Kier molecular flexibility index (Phi) is 5.71. The molecule has 0 bridgehead atoms. The molecule has 1 saturated carbocycles. The van der Waals surface area contributed by atoms with E-state index in [1.54, 1.807) is 12.1 Å². The van der Waals surface area contributed by atoms with Crippen molar-refractivity contribution in [2.24, 2.45) is 5.73 Å². The molecule has 2 rings (SSSR count). The molecule has 1 aromatic rings. The van der Waals surface area contributed by atoms with Gasteiger partial charge in [-0.3, -0.25) is 9.59 Å². The molecular weight excluding hydrogens is 282 g/mol. The highest BCUT2D eigenvalue weighted by molar-refractivity contribution is 5.94. The van der Waals surface area contributed by atoms with Gasteiger partial charge in [-0.2, -0.15) is 0 Å². The third kappa shape index (κ3) is 4.70. The molecular formula is C15H23N5O2. The number of hydrogen-bond acceptors (Lipinski definition) is 5. The number of aromatic nitrogens is 1. The van der Waals surface area contributed by atoms with Crippen molar-refractivity contribution < 1.29 is 9.59 Å². The van der Waals surface area contributed by atoms with Gasteiger partial charge in [-0.1, -0.05) is 0 Å². The van der Waals surface area contributed by atoms with Gasteiger partial charge in [0.1, 0.15) is 5.82 Å². The molecule has 7 heteroatoms. The fourth-order valence-corrected chi connectivity index (χ4v) is 2.62. The van der Waals surface area contributed by atoms with Crippen LogP contribution >= 0.6 is 0 Å². The molecule has 1 fully saturated rings. The van der Waals surface area contributed by atoms with Gasteiger partial charge in [0.15, 0.2) is 0 Å². The minimum absolute atomic E-state index is 0.00272. The van der Waals surface area contributed by atoms with Crippen molar-refractivity contribution in [2.75, 3.05) is 12.3 Å². The molecule has 0 saturated heterocycles. The summed E-state index contributed by atoms with van der Waals surface area (Å²) in [6.45, 7) is 0.368. The number of anilines is 1. The predicted octanol–water partition coefficient (Wildman–Crippen LogP) is 0.170. The Labute approximate surface area is 129 Å². The number of nitrogen functional groups attached to an aromatic ring is 1. The standard InChI is InChI=1S/C15H23N5O2/c16-8-7-14(21)19-11-2-4-12(5-3-11)20-15(22)10-1-6-13(17)18-9-10/h1,6,9,11-12H,2-5,7-8,16H2,(H2,17,18)(H,19,21)(H,20,22)/t11-,12-. The Balaban J connectivity index is 1.76. The van der Waals surface area contributed by atoms with Crippen molar-refractivity contribution in [3.63, 3.8) is 0 Å². The normalized spacial score (nSPS) is 21.1. The molecule has 2 amide bonds. The number of rotatable bonds is 5. The highest BCUT2D eigenvalue weighted by Gasteiger charge is 2.23. The Bertz CT molecular complexity index is 509. The summed E-state index contributed by atoms with van der Waals surface area (Å²) in [5.74, 6) is 0.260. The van der Waals surface area contributed by atoms with Crippen molar-refractivity contribution in [3.05, 3.63) is 23.9 Å². The monoisotopic (exact) mass is 305 g/mol. The van der Waals surface area contributed by atoms with Crippen LogP contribution in [0.1, 0.15) is 42.5 Å². The van der Waals surface area contributed by atoms with Gasteiger partial charge < -0.3 is 22.1 Å². The number of nitrogens with two attached hydrogens (primary N) is 2. The number of hydrogen-bond donors (Lipinski definition) is 4. The summed E-state index contributed by atoms with van der Waals surface area (Å²) in [6, 6.07) is 3.59. The summed E-state index contributed by atoms with van der Waals surface area (Å²) in [6.07, 6.45) is 5.26. The lowest BCUT2D eigenvalue weighted by Crippen LogP contribution is -2.44. The molecule has 0 aromatic carbocycles. The smallest absolute Gasteiger partial charge is 0.253 e. The summed E-state index contributed by atoms with van der Waals surface area (Å²) in [5.41, 5.74) is 11.4. The zero-order chi connectivity index (χ0) is 15.9. The number of nitrogens with zero attached hydrogens (tertiary/aromatic N) is 1. The Morgan fingerprint density at radius 3 is 2.32 bits per heavy atom. The molecule has 0 spiro atoms. The second-order valence-electron chi connectivity index (χ2n) is 5.60. The molecule has 1 aliphatic rings. The second kappa shape index (κ2) is 7.74. The SMILES string of the molecule is NCCC(=O)N[C@H]1CC[C@H](NC(=O)c2ccc(N)nc2)CC1. The molecule has 0 unspecified atom stereocenters. The van der Waals surface area contributed by atoms with Gasteiger partial charge in [0.2, 0.25) is 5.91 Å². The Morgan fingerprint density at radius 1 is 1.14 bits per heavy atom. The fourth-order valence-electron chi connectivity index (χ4n) is 2.62. The van der Waals surface area contributed by atoms with Crippen molar-refractivity contribution in [1.29, 1.82) is 0 Å². The number of pyridine rings is 1. The molecule has 0 aliphatic heterocycles. The van der Waals surface area contributed by atoms with Crippen molar-refractivity contribution in [2.45, 2.75) is 44.2 Å². The van der Waals surface area contributed by atoms with Gasteiger partial charge in [0.05, 0.1) is 5.56 Å². The van der Waals surface area contributed by atoms with Crippen molar-refractivity contribution in [3.8, 4) is 0 Å². The molecule has 1 aromatic heterocycles. The molecule has 6 N–H and O–H groups in total. The summed E-state index contributed by atoms with van der Waals surface area (Å²) in [7, 11) is 0. The predicted molar refractivity (Wildman–Crippen MR) is 84.0 cm³/mol. The van der Waals surface area contributed by atoms with Crippen LogP contribution in [-0.4, -0.2) is 35.4 Å². The molecule has 22 heavy (non-hydrogen) atoms. The van der Waals surface area contributed by atoms with E-state index in [9.17, 15) is 9.59 Å². The van der Waals surface area contributed by atoms with Crippen LogP contribution in [-0.2, 0) is 4.79 Å². The summed E-state index contributed by atoms with van der Waals surface area (Å²) in [5, 5.41) is 5.98. The van der Waals surface area contributed by atoms with Crippen LogP contribution in [0.5, 0.6) is 0 Å². The lowest BCUT2D eigenvalue weighted by molar-refractivity contribution is -0.121. The van der Waals surface area contributed by atoms with E-state index in [4.69, 9.17) is 11.5 Å². The summed E-state index contributed by atoms with van der Waals surface area (Å²) >= 11 is 0. The van der Waals surface area contributed by atoms with Crippen LogP contribution in [0.25, 0.3) is 0 Å². The van der Waals surface area contributed by atoms with Gasteiger partial charge in [0, 0.05) is 31.2 Å². The van der Waals surface area contributed by atoms with Crippen molar-refractivity contribution >= 4 is 17.6 Å². The molecule has 1 aliphatic carbocycles. The zero-order valence-corrected chi connectivity index (χ0v) is 12.5. The van der Waals surface area contributed by atoms with Crippen LogP contribution in [0.3, 0.4) is 0 Å². The maximum absolute atomic E-state index is 12.1. The van der Waals surface area contributed by atoms with Gasteiger partial charge in [-0.25, -0.2) is 4.98 Å². The maximum atomic E-state index is 12.1. The van der Waals surface area contributed by atoms with E-state index in [2.05, 4.69) is 15.6 Å². The number of amides is 2. The zero-order valence-electron chi connectivity index (χ0n) is 12.5. The lowest BCUT2D eigenvalue weighted by Gasteiger charge is -2.29. The van der Waals surface area contributed by atoms with Gasteiger partial charge >= 0.3 is 0 Å². The minimum atomic E-state index is -0.136. The average molecular weight is 305 g/mol. The van der Waals surface area contributed by atoms with Crippen LogP contribution in [0, 0.1) is 0 Å². The quantitative estimate of drug-likeness (QED) is 0.617. The summed E-state index contributed by atoms with van der Waals surface area (Å²) in [4.78, 5) is 27.5. The Morgan fingerprint density at radius 2 is 1.77 bits per heavy atom. The first-order valence-electron chi connectivity index (χ1n) is 7.60. The molecule has 120 valence electrons. The van der Waals surface area contributed by atoms with Crippen LogP contribution in [0.4, 0.5) is 5.82 Å². The number of nitrogens with one attached hydrogen (secondary N) is 2. The molecule has 0 radical (unpaired) electrons. The van der Waals surface area contributed by atoms with Crippen molar-refractivity contribution in [1.82, 2.24) is 15.6 Å². The van der Waals surface area contributed by atoms with E-state index < -0.39 is 0 Å². The fraction of sp³-hybridized carbons (Fsp3) is 0.533. The van der Waals surface area contributed by atoms with Gasteiger partial charge in [0.25, 0.3) is 5.91 Å². The largest absolute Gasteiger partial charge is 0.384 e. The molecule has 7 nitrogen and oxygen atoms in total. The lowest BCUT2D eigenvalue weighted by atomic mass is 9.91. The van der Waals surface area contributed by atoms with E-state index in [0.29, 0.717) is 24.3 Å². The van der Waals surface area contributed by atoms with E-state index in [0.717, 1.165) is 25.7 Å². The highest BCUT2D eigenvalue weighted by atomic mass is 16.2. The number of carbonyl (C=O) groups is 2. The average Bonchev–Trinajstić information content (AvgIpc) is 2.50. The van der Waals surface area contributed by atoms with E-state index in [-0.39, 0.29) is 23.9 Å². The van der Waals surface area contributed by atoms with E-state index >= 15 is 0 Å². The first-order chi connectivity index (χ1) is 10.6. The first kappa shape index (κ1) is 16.2. The Hall–Kier alpha value is -2.15. The van der Waals surface area contributed by atoms with Gasteiger partial charge in [-0.15, -0.1) is 0 Å². The highest BCUT2D eigenvalue weighted by Crippen LogP contribution is 2.19. The molecule has 1 heterocycles. The van der Waals surface area contributed by atoms with Crippen LogP contribution in [0.2, 0.25) is 0 Å². The maximum Gasteiger partial charge on any atom is 0.253 e. The minimum Gasteiger partial charge on any atom is -0.384 e.